The van der Waals surface area contributed by atoms with E-state index in [-0.39, 0.29) is 40.4 Å². The van der Waals surface area contributed by atoms with Crippen molar-refractivity contribution < 1.29 is 24.2 Å². The molecule has 0 aliphatic heterocycles. The first-order valence-corrected chi connectivity index (χ1v) is 14.8. The molecule has 1 N–H and O–H groups in total. The van der Waals surface area contributed by atoms with Crippen LogP contribution in [0.25, 0.3) is 0 Å². The number of nitriles is 1. The largest absolute Gasteiger partial charge is 0.466 e. The number of fused-ring (bicyclic) bond motifs is 5. The molecule has 0 aromatic carbocycles. The molecule has 0 aromatic heterocycles. The average molecular weight is 538 g/mol. The van der Waals surface area contributed by atoms with Crippen LogP contribution in [-0.4, -0.2) is 34.9 Å². The van der Waals surface area contributed by atoms with E-state index < -0.39 is 27.3 Å². The maximum Gasteiger partial charge on any atom is 0.311 e. The van der Waals surface area contributed by atoms with Crippen molar-refractivity contribution in [3.63, 3.8) is 0 Å². The summed E-state index contributed by atoms with van der Waals surface area (Å²) in [5.74, 6) is -0.966. The molecule has 6 heteroatoms. The van der Waals surface area contributed by atoms with Crippen LogP contribution in [0.2, 0.25) is 0 Å². The van der Waals surface area contributed by atoms with Gasteiger partial charge in [-0.2, -0.15) is 5.26 Å². The highest BCUT2D eigenvalue weighted by molar-refractivity contribution is 6.03. The first-order valence-electron chi connectivity index (χ1n) is 14.8. The summed E-state index contributed by atoms with van der Waals surface area (Å²) >= 11 is 0. The summed E-state index contributed by atoms with van der Waals surface area (Å²) in [6.07, 6.45) is 8.45. The minimum absolute atomic E-state index is 0.0210. The lowest BCUT2D eigenvalue weighted by molar-refractivity contribution is -0.184. The van der Waals surface area contributed by atoms with E-state index in [1.54, 1.807) is 12.2 Å². The number of carbonyl (C=O) groups excluding carboxylic acids is 3. The van der Waals surface area contributed by atoms with Gasteiger partial charge in [0.15, 0.2) is 11.6 Å². The molecule has 0 radical (unpaired) electrons. The Balaban J connectivity index is 1.91. The highest BCUT2D eigenvalue weighted by atomic mass is 16.5. The Morgan fingerprint density at radius 2 is 1.64 bits per heavy atom. The van der Waals surface area contributed by atoms with Gasteiger partial charge in [-0.25, -0.2) is 0 Å². The SMILES string of the molecule is CCOC(=O)[C@@]1(C)CCC(C)(C)CC[C@@]2(O)C(=O)C=C3[C@@]4(C)C=C(C#N)C(=O)[C@@H](C)[C@@H]4CC[C@@]3(C)[C@]2(C)CC1. The highest BCUT2D eigenvalue weighted by Crippen LogP contribution is 2.70. The fourth-order valence-corrected chi connectivity index (χ4v) is 8.68. The van der Waals surface area contributed by atoms with Gasteiger partial charge in [0.2, 0.25) is 0 Å². The number of ether oxygens (including phenoxy) is 1. The van der Waals surface area contributed by atoms with E-state index in [1.165, 1.54) is 0 Å². The van der Waals surface area contributed by atoms with Gasteiger partial charge in [0, 0.05) is 16.7 Å². The van der Waals surface area contributed by atoms with Gasteiger partial charge in [-0.3, -0.25) is 14.4 Å². The van der Waals surface area contributed by atoms with Gasteiger partial charge in [-0.1, -0.05) is 47.6 Å². The molecule has 0 unspecified atom stereocenters. The number of hydrogen-bond donors (Lipinski definition) is 1. The molecule has 0 amide bonds. The number of allylic oxidation sites excluding steroid dienone is 3. The highest BCUT2D eigenvalue weighted by Gasteiger charge is 2.68. The summed E-state index contributed by atoms with van der Waals surface area (Å²) in [5, 5.41) is 22.3. The topological polar surface area (TPSA) is 104 Å². The van der Waals surface area contributed by atoms with Gasteiger partial charge in [-0.15, -0.1) is 0 Å². The maximum atomic E-state index is 14.2. The summed E-state index contributed by atoms with van der Waals surface area (Å²) in [6, 6.07) is 2.11. The Morgan fingerprint density at radius 1 is 1.03 bits per heavy atom. The van der Waals surface area contributed by atoms with Gasteiger partial charge < -0.3 is 9.84 Å². The molecular weight excluding hydrogens is 490 g/mol. The van der Waals surface area contributed by atoms with Crippen LogP contribution in [-0.2, 0) is 19.1 Å². The molecule has 0 aromatic rings. The summed E-state index contributed by atoms with van der Waals surface area (Å²) in [4.78, 5) is 40.4. The number of ketones is 2. The first-order chi connectivity index (χ1) is 17.9. The Morgan fingerprint density at radius 3 is 2.26 bits per heavy atom. The van der Waals surface area contributed by atoms with Crippen molar-refractivity contribution >= 4 is 17.5 Å². The zero-order valence-electron chi connectivity index (χ0n) is 25.2. The second kappa shape index (κ2) is 9.40. The second-order valence-corrected chi connectivity index (χ2v) is 14.6. The number of Topliss-reactive ketones (excluding diaryl/α,β-unsaturated/α-hetero) is 1. The smallest absolute Gasteiger partial charge is 0.311 e. The molecule has 4 aliphatic rings. The molecule has 39 heavy (non-hydrogen) atoms. The summed E-state index contributed by atoms with van der Waals surface area (Å²) in [6.45, 7) is 16.6. The molecular formula is C33H47NO5. The number of rotatable bonds is 2. The molecule has 6 nitrogen and oxygen atoms in total. The Bertz CT molecular complexity index is 1190. The van der Waals surface area contributed by atoms with Crippen molar-refractivity contribution in [3.05, 3.63) is 23.3 Å². The Labute approximate surface area is 234 Å². The molecule has 0 bridgehead atoms. The van der Waals surface area contributed by atoms with Crippen LogP contribution >= 0.6 is 0 Å². The van der Waals surface area contributed by atoms with Gasteiger partial charge in [-0.05, 0) is 93.6 Å². The van der Waals surface area contributed by atoms with E-state index >= 15 is 0 Å². The molecule has 2 saturated carbocycles. The third-order valence-electron chi connectivity index (χ3n) is 12.0. The lowest BCUT2D eigenvalue weighted by Gasteiger charge is -2.65. The van der Waals surface area contributed by atoms with E-state index in [0.717, 1.165) is 24.8 Å². The molecule has 7 atom stereocenters. The quantitative estimate of drug-likeness (QED) is 0.416. The minimum atomic E-state index is -1.59. The van der Waals surface area contributed by atoms with E-state index in [0.29, 0.717) is 38.7 Å². The lowest BCUT2D eigenvalue weighted by atomic mass is 9.38. The summed E-state index contributed by atoms with van der Waals surface area (Å²) in [5.41, 5.74) is -3.48. The maximum absolute atomic E-state index is 14.2. The van der Waals surface area contributed by atoms with E-state index in [1.807, 2.05) is 27.7 Å². The van der Waals surface area contributed by atoms with Crippen molar-refractivity contribution in [2.75, 3.05) is 6.61 Å². The standard InChI is InChI=1S/C33H47NO5/c1-9-39-27(37)29(5)14-12-28(3,4)13-17-33(38)25(35)18-24-30(6)19-22(20-34)26(36)21(2)23(30)10-11-31(24,7)32(33,8)16-15-29/h18-19,21,23,38H,9-17H2,1-8H3/t21-,23-,29-,30-,31+,32-,33+/m0/s1. The van der Waals surface area contributed by atoms with E-state index in [4.69, 9.17) is 4.74 Å². The molecule has 214 valence electrons. The van der Waals surface area contributed by atoms with E-state index in [9.17, 15) is 24.8 Å². The number of carbonyl (C=O) groups is 3. The van der Waals surface area contributed by atoms with Crippen LogP contribution in [0.15, 0.2) is 23.3 Å². The van der Waals surface area contributed by atoms with Crippen LogP contribution in [0, 0.1) is 50.2 Å². The summed E-state index contributed by atoms with van der Waals surface area (Å²) in [7, 11) is 0. The van der Waals surface area contributed by atoms with Crippen molar-refractivity contribution in [1.82, 2.24) is 0 Å². The fourth-order valence-electron chi connectivity index (χ4n) is 8.68. The zero-order valence-corrected chi connectivity index (χ0v) is 25.2. The Hall–Kier alpha value is -2.26. The van der Waals surface area contributed by atoms with Crippen LogP contribution in [0.1, 0.15) is 107 Å². The van der Waals surface area contributed by atoms with Crippen molar-refractivity contribution in [2.45, 2.75) is 112 Å². The van der Waals surface area contributed by atoms with Crippen molar-refractivity contribution in [2.24, 2.45) is 38.9 Å². The predicted molar refractivity (Wildman–Crippen MR) is 149 cm³/mol. The van der Waals surface area contributed by atoms with Crippen molar-refractivity contribution in [1.29, 1.82) is 5.26 Å². The summed E-state index contributed by atoms with van der Waals surface area (Å²) < 4.78 is 5.55. The predicted octanol–water partition coefficient (Wildman–Crippen LogP) is 6.27. The van der Waals surface area contributed by atoms with Gasteiger partial charge in [0.1, 0.15) is 11.7 Å². The van der Waals surface area contributed by atoms with Gasteiger partial charge in [0.25, 0.3) is 0 Å². The normalized spacial score (nSPS) is 44.0. The molecule has 0 spiro atoms. The third-order valence-corrected chi connectivity index (χ3v) is 12.0. The lowest BCUT2D eigenvalue weighted by Crippen LogP contribution is -2.66. The number of esters is 1. The van der Waals surface area contributed by atoms with Crippen LogP contribution in [0.4, 0.5) is 0 Å². The zero-order chi connectivity index (χ0) is 29.2. The second-order valence-electron chi connectivity index (χ2n) is 14.6. The number of nitrogens with zero attached hydrogens (tertiary/aromatic N) is 1. The van der Waals surface area contributed by atoms with Crippen LogP contribution in [0.5, 0.6) is 0 Å². The van der Waals surface area contributed by atoms with E-state index in [2.05, 4.69) is 33.8 Å². The third kappa shape index (κ3) is 4.17. The number of aliphatic hydroxyl groups is 1. The van der Waals surface area contributed by atoms with Crippen LogP contribution < -0.4 is 0 Å². The Kier molecular flexibility index (Phi) is 7.16. The molecule has 2 fully saturated rings. The molecule has 0 heterocycles. The van der Waals surface area contributed by atoms with Gasteiger partial charge >= 0.3 is 5.97 Å². The average Bonchev–Trinajstić information content (AvgIpc) is 2.87. The molecule has 0 saturated heterocycles. The minimum Gasteiger partial charge on any atom is -0.466 e. The fraction of sp³-hybridized carbons (Fsp3) is 0.758. The van der Waals surface area contributed by atoms with Gasteiger partial charge in [0.05, 0.1) is 17.6 Å². The first kappa shape index (κ1) is 29.7. The van der Waals surface area contributed by atoms with Crippen LogP contribution in [0.3, 0.4) is 0 Å². The van der Waals surface area contributed by atoms with Crippen molar-refractivity contribution in [3.8, 4) is 6.07 Å². The monoisotopic (exact) mass is 537 g/mol. The molecule has 4 rings (SSSR count). The number of hydrogen-bond acceptors (Lipinski definition) is 6. The molecule has 4 aliphatic carbocycles.